The van der Waals surface area contributed by atoms with Gasteiger partial charge in [0.15, 0.2) is 5.96 Å². The Morgan fingerprint density at radius 1 is 1.15 bits per heavy atom. The van der Waals surface area contributed by atoms with Gasteiger partial charge in [-0.25, -0.2) is 4.99 Å². The van der Waals surface area contributed by atoms with Crippen LogP contribution < -0.4 is 20.5 Å². The molecule has 0 atom stereocenters. The summed E-state index contributed by atoms with van der Waals surface area (Å²) in [5.41, 5.74) is 5.87. The van der Waals surface area contributed by atoms with E-state index in [9.17, 15) is 13.2 Å². The molecule has 0 amide bonds. The predicted molar refractivity (Wildman–Crippen MR) is 98.0 cm³/mol. The lowest BCUT2D eigenvalue weighted by Gasteiger charge is -2.11. The molecule has 2 aromatic carbocycles. The van der Waals surface area contributed by atoms with Gasteiger partial charge >= 0.3 is 6.18 Å². The second kappa shape index (κ2) is 8.85. The molecule has 0 aromatic heterocycles. The monoisotopic (exact) mass is 377 g/mol. The zero-order valence-electron chi connectivity index (χ0n) is 14.7. The number of alkyl halides is 3. The first-order valence-corrected chi connectivity index (χ1v) is 7.78. The molecular weight excluding hydrogens is 359 g/mol. The maximum absolute atomic E-state index is 12.7. The fourth-order valence-corrected chi connectivity index (χ4v) is 2.13. The fraction of sp³-hybridized carbons (Fsp3) is 0.211. The summed E-state index contributed by atoms with van der Waals surface area (Å²) in [5.74, 6) is 6.53. The highest BCUT2D eigenvalue weighted by Gasteiger charge is 2.30. The quantitative estimate of drug-likeness (QED) is 0.486. The van der Waals surface area contributed by atoms with E-state index in [4.69, 9.17) is 15.2 Å². The number of ether oxygens (including phenoxy) is 2. The fourth-order valence-electron chi connectivity index (χ4n) is 2.13. The van der Waals surface area contributed by atoms with Gasteiger partial charge in [0.25, 0.3) is 0 Å². The summed E-state index contributed by atoms with van der Waals surface area (Å²) in [7, 11) is 3.05. The maximum atomic E-state index is 12.7. The Kier molecular flexibility index (Phi) is 6.55. The van der Waals surface area contributed by atoms with Crippen LogP contribution in [0.25, 0.3) is 0 Å². The molecule has 142 valence electrons. The molecule has 0 heterocycles. The number of rotatable bonds is 4. The summed E-state index contributed by atoms with van der Waals surface area (Å²) >= 11 is 0. The second-order valence-corrected chi connectivity index (χ2v) is 5.27. The summed E-state index contributed by atoms with van der Waals surface area (Å²) < 4.78 is 48.4. The Morgan fingerprint density at radius 2 is 1.93 bits per heavy atom. The highest BCUT2D eigenvalue weighted by atomic mass is 19.4. The van der Waals surface area contributed by atoms with Crippen molar-refractivity contribution in [2.75, 3.05) is 26.1 Å². The van der Waals surface area contributed by atoms with E-state index in [0.29, 0.717) is 17.2 Å². The van der Waals surface area contributed by atoms with E-state index in [1.54, 1.807) is 18.2 Å². The number of anilines is 1. The van der Waals surface area contributed by atoms with Crippen LogP contribution >= 0.6 is 0 Å². The van der Waals surface area contributed by atoms with Crippen molar-refractivity contribution in [3.05, 3.63) is 53.6 Å². The SMILES string of the molecule is COc1ccc(OC)c(NC(N)=NCC#Cc2cccc(C(F)(F)F)c2)c1. The van der Waals surface area contributed by atoms with E-state index in [2.05, 4.69) is 22.2 Å². The van der Waals surface area contributed by atoms with Crippen molar-refractivity contribution >= 4 is 11.6 Å². The first-order chi connectivity index (χ1) is 12.8. The van der Waals surface area contributed by atoms with Gasteiger partial charge in [-0.2, -0.15) is 13.2 Å². The number of guanidine groups is 1. The van der Waals surface area contributed by atoms with Gasteiger partial charge in [-0.1, -0.05) is 17.9 Å². The molecule has 0 bridgehead atoms. The molecule has 0 saturated heterocycles. The minimum Gasteiger partial charge on any atom is -0.497 e. The standard InChI is InChI=1S/C19H18F3N3O2/c1-26-15-8-9-17(27-2)16(12-15)25-18(23)24-10-4-6-13-5-3-7-14(11-13)19(20,21)22/h3,5,7-9,11-12H,10H2,1-2H3,(H3,23,24,25). The van der Waals surface area contributed by atoms with Gasteiger partial charge in [-0.15, -0.1) is 0 Å². The third-order valence-corrected chi connectivity index (χ3v) is 3.42. The summed E-state index contributed by atoms with van der Waals surface area (Å²) in [6.45, 7) is 0.0152. The minimum atomic E-state index is -4.40. The molecule has 3 N–H and O–H groups in total. The van der Waals surface area contributed by atoms with Crippen LogP contribution in [0.4, 0.5) is 18.9 Å². The van der Waals surface area contributed by atoms with Gasteiger partial charge in [0.2, 0.25) is 0 Å². The van der Waals surface area contributed by atoms with Crippen LogP contribution in [0, 0.1) is 11.8 Å². The number of nitrogens with one attached hydrogen (secondary N) is 1. The number of aliphatic imine (C=N–C) groups is 1. The van der Waals surface area contributed by atoms with Crippen LogP contribution in [0.15, 0.2) is 47.5 Å². The topological polar surface area (TPSA) is 68.9 Å². The van der Waals surface area contributed by atoms with Crippen molar-refractivity contribution in [3.63, 3.8) is 0 Å². The molecule has 0 radical (unpaired) electrons. The average molecular weight is 377 g/mol. The molecule has 0 spiro atoms. The van der Waals surface area contributed by atoms with Gasteiger partial charge in [0, 0.05) is 11.6 Å². The van der Waals surface area contributed by atoms with Gasteiger partial charge in [0.05, 0.1) is 25.5 Å². The van der Waals surface area contributed by atoms with Crippen LogP contribution in [-0.2, 0) is 6.18 Å². The molecule has 0 aliphatic heterocycles. The van der Waals surface area contributed by atoms with E-state index >= 15 is 0 Å². The zero-order chi connectivity index (χ0) is 19.9. The number of benzene rings is 2. The van der Waals surface area contributed by atoms with Crippen LogP contribution in [0.2, 0.25) is 0 Å². The lowest BCUT2D eigenvalue weighted by atomic mass is 10.1. The molecular formula is C19H18F3N3O2. The molecule has 0 aliphatic carbocycles. The van der Waals surface area contributed by atoms with Crippen LogP contribution in [0.3, 0.4) is 0 Å². The number of nitrogens with zero attached hydrogens (tertiary/aromatic N) is 1. The smallest absolute Gasteiger partial charge is 0.416 e. The van der Waals surface area contributed by atoms with Crippen molar-refractivity contribution in [2.45, 2.75) is 6.18 Å². The Morgan fingerprint density at radius 3 is 2.59 bits per heavy atom. The molecule has 27 heavy (non-hydrogen) atoms. The van der Waals surface area contributed by atoms with Gasteiger partial charge in [-0.05, 0) is 30.3 Å². The van der Waals surface area contributed by atoms with Gasteiger partial charge in [-0.3, -0.25) is 0 Å². The van der Waals surface area contributed by atoms with E-state index in [0.717, 1.165) is 12.1 Å². The van der Waals surface area contributed by atoms with E-state index < -0.39 is 11.7 Å². The molecule has 0 saturated carbocycles. The van der Waals surface area contributed by atoms with E-state index in [-0.39, 0.29) is 18.1 Å². The molecule has 5 nitrogen and oxygen atoms in total. The average Bonchev–Trinajstić information content (AvgIpc) is 2.64. The van der Waals surface area contributed by atoms with Crippen LogP contribution in [-0.4, -0.2) is 26.7 Å². The van der Waals surface area contributed by atoms with Crippen LogP contribution in [0.5, 0.6) is 11.5 Å². The number of hydrogen-bond donors (Lipinski definition) is 2. The van der Waals surface area contributed by atoms with E-state index in [1.165, 1.54) is 26.4 Å². The Bertz CT molecular complexity index is 884. The molecule has 0 aliphatic rings. The Hall–Kier alpha value is -3.34. The second-order valence-electron chi connectivity index (χ2n) is 5.27. The number of halogens is 3. The third kappa shape index (κ3) is 5.85. The Balaban J connectivity index is 2.05. The number of nitrogens with two attached hydrogens (primary N) is 1. The minimum absolute atomic E-state index is 0.0152. The van der Waals surface area contributed by atoms with Gasteiger partial charge < -0.3 is 20.5 Å². The van der Waals surface area contributed by atoms with Crippen molar-refractivity contribution in [1.82, 2.24) is 0 Å². The molecule has 8 heteroatoms. The normalized spacial score (nSPS) is 11.4. The van der Waals surface area contributed by atoms with Crippen molar-refractivity contribution in [1.29, 1.82) is 0 Å². The molecule has 2 aromatic rings. The third-order valence-electron chi connectivity index (χ3n) is 3.42. The Labute approximate surface area is 155 Å². The summed E-state index contributed by atoms with van der Waals surface area (Å²) in [5, 5.41) is 2.87. The summed E-state index contributed by atoms with van der Waals surface area (Å²) in [6, 6.07) is 9.91. The lowest BCUT2D eigenvalue weighted by Crippen LogP contribution is -2.23. The first-order valence-electron chi connectivity index (χ1n) is 7.78. The van der Waals surface area contributed by atoms with Crippen molar-refractivity contribution in [2.24, 2.45) is 10.7 Å². The van der Waals surface area contributed by atoms with Crippen molar-refractivity contribution < 1.29 is 22.6 Å². The predicted octanol–water partition coefficient (Wildman–Crippen LogP) is 3.50. The zero-order valence-corrected chi connectivity index (χ0v) is 14.7. The molecule has 0 unspecified atom stereocenters. The number of hydrogen-bond acceptors (Lipinski definition) is 3. The lowest BCUT2D eigenvalue weighted by molar-refractivity contribution is -0.137. The van der Waals surface area contributed by atoms with Crippen LogP contribution in [0.1, 0.15) is 11.1 Å². The largest absolute Gasteiger partial charge is 0.497 e. The van der Waals surface area contributed by atoms with Gasteiger partial charge in [0.1, 0.15) is 18.0 Å². The molecule has 2 rings (SSSR count). The summed E-state index contributed by atoms with van der Waals surface area (Å²) in [4.78, 5) is 4.03. The van der Waals surface area contributed by atoms with E-state index in [1.807, 2.05) is 0 Å². The summed E-state index contributed by atoms with van der Waals surface area (Å²) in [6.07, 6.45) is -4.40. The first kappa shape index (κ1) is 20.0. The highest BCUT2D eigenvalue weighted by Crippen LogP contribution is 2.29. The highest BCUT2D eigenvalue weighted by molar-refractivity contribution is 5.94. The van der Waals surface area contributed by atoms with Crippen molar-refractivity contribution in [3.8, 4) is 23.3 Å². The number of methoxy groups -OCH3 is 2. The molecule has 0 fully saturated rings. The maximum Gasteiger partial charge on any atom is 0.416 e.